The molecule has 0 bridgehead atoms. The highest BCUT2D eigenvalue weighted by Crippen LogP contribution is 2.32. The van der Waals surface area contributed by atoms with Crippen LogP contribution in [-0.4, -0.2) is 19.8 Å². The number of benzene rings is 2. The number of nitrogens with one attached hydrogen (secondary N) is 1. The Labute approximate surface area is 140 Å². The number of alkyl halides is 2. The van der Waals surface area contributed by atoms with Crippen LogP contribution in [0.5, 0.6) is 11.5 Å². The van der Waals surface area contributed by atoms with E-state index in [0.29, 0.717) is 31.0 Å². The lowest BCUT2D eigenvalue weighted by Gasteiger charge is -2.17. The molecule has 2 aromatic rings. The van der Waals surface area contributed by atoms with Gasteiger partial charge in [0.15, 0.2) is 11.5 Å². The number of hydrogen-bond donors (Lipinski definition) is 2. The number of hydrogen-bond acceptors (Lipinski definition) is 4. The molecule has 4 nitrogen and oxygen atoms in total. The maximum absolute atomic E-state index is 12.7. The third-order valence-electron chi connectivity index (χ3n) is 3.47. The van der Waals surface area contributed by atoms with Crippen LogP contribution in [0.1, 0.15) is 24.1 Å². The summed E-state index contributed by atoms with van der Waals surface area (Å²) in [6, 6.07) is 14.6. The molecule has 2 aromatic carbocycles. The van der Waals surface area contributed by atoms with Crippen LogP contribution in [0.4, 0.5) is 8.78 Å². The first-order chi connectivity index (χ1) is 11.6. The molecule has 3 N–H and O–H groups in total. The van der Waals surface area contributed by atoms with Crippen LogP contribution in [0.15, 0.2) is 48.5 Å². The van der Waals surface area contributed by atoms with Crippen LogP contribution in [0.2, 0.25) is 0 Å². The van der Waals surface area contributed by atoms with Gasteiger partial charge in [-0.2, -0.15) is 8.78 Å². The van der Waals surface area contributed by atoms with Gasteiger partial charge in [-0.15, -0.1) is 0 Å². The molecule has 0 aromatic heterocycles. The van der Waals surface area contributed by atoms with Gasteiger partial charge in [-0.1, -0.05) is 42.5 Å². The predicted molar refractivity (Wildman–Crippen MR) is 89.3 cm³/mol. The quantitative estimate of drug-likeness (QED) is 0.736. The smallest absolute Gasteiger partial charge is 0.387 e. The van der Waals surface area contributed by atoms with E-state index in [2.05, 4.69) is 10.1 Å². The summed E-state index contributed by atoms with van der Waals surface area (Å²) < 4.78 is 35.4. The van der Waals surface area contributed by atoms with Crippen molar-refractivity contribution in [2.24, 2.45) is 5.73 Å². The Morgan fingerprint density at radius 3 is 2.50 bits per heavy atom. The molecule has 0 spiro atoms. The Morgan fingerprint density at radius 2 is 1.83 bits per heavy atom. The van der Waals surface area contributed by atoms with Crippen molar-refractivity contribution < 1.29 is 18.3 Å². The molecular formula is C18H22F2N2O2. The molecule has 0 amide bonds. The number of halogens is 2. The first-order valence-electron chi connectivity index (χ1n) is 7.82. The number of ether oxygens (including phenoxy) is 2. The lowest BCUT2D eigenvalue weighted by molar-refractivity contribution is -0.0521. The second kappa shape index (κ2) is 9.20. The van der Waals surface area contributed by atoms with Gasteiger partial charge in [0.25, 0.3) is 0 Å². The third kappa shape index (κ3) is 5.18. The van der Waals surface area contributed by atoms with Crippen molar-refractivity contribution in [1.29, 1.82) is 0 Å². The molecule has 0 saturated carbocycles. The lowest BCUT2D eigenvalue weighted by atomic mass is 10.1. The Kier molecular flexibility index (Phi) is 6.96. The molecular weight excluding hydrogens is 314 g/mol. The van der Waals surface area contributed by atoms with E-state index in [1.165, 1.54) is 0 Å². The molecule has 0 fully saturated rings. The molecule has 0 aliphatic rings. The van der Waals surface area contributed by atoms with Gasteiger partial charge >= 0.3 is 6.61 Å². The topological polar surface area (TPSA) is 56.5 Å². The molecule has 0 saturated heterocycles. The van der Waals surface area contributed by atoms with Crippen LogP contribution < -0.4 is 20.5 Å². The summed E-state index contributed by atoms with van der Waals surface area (Å²) in [5.74, 6) is 0.375. The molecule has 2 rings (SSSR count). The normalized spacial score (nSPS) is 12.2. The standard InChI is InChI=1S/C18H22F2N2O2/c1-2-23-16-10-6-9-14(17(16)24-18(19)20)11-22-12-15(21)13-7-4-3-5-8-13/h3-10,15,18,22H,2,11-12,21H2,1H3/t15-/m1/s1. The second-order valence-electron chi connectivity index (χ2n) is 5.20. The van der Waals surface area contributed by atoms with Gasteiger partial charge in [-0.05, 0) is 18.6 Å². The first kappa shape index (κ1) is 18.2. The summed E-state index contributed by atoms with van der Waals surface area (Å²) in [5.41, 5.74) is 7.73. The third-order valence-corrected chi connectivity index (χ3v) is 3.47. The maximum atomic E-state index is 12.7. The van der Waals surface area contributed by atoms with Crippen molar-refractivity contribution in [2.45, 2.75) is 26.1 Å². The fourth-order valence-corrected chi connectivity index (χ4v) is 2.37. The molecule has 0 radical (unpaired) electrons. The summed E-state index contributed by atoms with van der Waals surface area (Å²) in [6.07, 6.45) is 0. The minimum absolute atomic E-state index is 0.0649. The summed E-state index contributed by atoms with van der Waals surface area (Å²) in [4.78, 5) is 0. The number of para-hydroxylation sites is 1. The van der Waals surface area contributed by atoms with Gasteiger partial charge in [0.05, 0.1) is 6.61 Å². The molecule has 0 aliphatic heterocycles. The van der Waals surface area contributed by atoms with Gasteiger partial charge in [0, 0.05) is 24.7 Å². The lowest BCUT2D eigenvalue weighted by Crippen LogP contribution is -2.26. The van der Waals surface area contributed by atoms with Crippen molar-refractivity contribution in [1.82, 2.24) is 5.32 Å². The van der Waals surface area contributed by atoms with E-state index in [-0.39, 0.29) is 11.8 Å². The van der Waals surface area contributed by atoms with E-state index in [1.807, 2.05) is 30.3 Å². The zero-order valence-corrected chi connectivity index (χ0v) is 13.5. The van der Waals surface area contributed by atoms with Crippen LogP contribution in [0.25, 0.3) is 0 Å². The fraction of sp³-hybridized carbons (Fsp3) is 0.333. The SMILES string of the molecule is CCOc1cccc(CNC[C@@H](N)c2ccccc2)c1OC(F)F. The van der Waals surface area contributed by atoms with E-state index in [1.54, 1.807) is 25.1 Å². The van der Waals surface area contributed by atoms with Gasteiger partial charge in [-0.25, -0.2) is 0 Å². The zero-order chi connectivity index (χ0) is 17.4. The Bertz CT molecular complexity index is 624. The number of rotatable bonds is 9. The highest BCUT2D eigenvalue weighted by molar-refractivity contribution is 5.46. The highest BCUT2D eigenvalue weighted by atomic mass is 19.3. The van der Waals surface area contributed by atoms with Gasteiger partial charge in [0.1, 0.15) is 0 Å². The minimum atomic E-state index is -2.91. The molecule has 24 heavy (non-hydrogen) atoms. The fourth-order valence-electron chi connectivity index (χ4n) is 2.37. The Balaban J connectivity index is 2.02. The summed E-state index contributed by atoms with van der Waals surface area (Å²) in [6.45, 7) is 0.114. The van der Waals surface area contributed by atoms with E-state index >= 15 is 0 Å². The van der Waals surface area contributed by atoms with E-state index < -0.39 is 6.61 Å². The van der Waals surface area contributed by atoms with Gasteiger partial charge in [0.2, 0.25) is 0 Å². The van der Waals surface area contributed by atoms with Crippen molar-refractivity contribution in [3.8, 4) is 11.5 Å². The van der Waals surface area contributed by atoms with Crippen LogP contribution in [-0.2, 0) is 6.54 Å². The average molecular weight is 336 g/mol. The van der Waals surface area contributed by atoms with E-state index in [0.717, 1.165) is 5.56 Å². The largest absolute Gasteiger partial charge is 0.490 e. The number of nitrogens with two attached hydrogens (primary N) is 1. The van der Waals surface area contributed by atoms with Crippen LogP contribution in [0.3, 0.4) is 0 Å². The predicted octanol–water partition coefficient (Wildman–Crippen LogP) is 3.48. The highest BCUT2D eigenvalue weighted by Gasteiger charge is 2.15. The second-order valence-corrected chi connectivity index (χ2v) is 5.20. The van der Waals surface area contributed by atoms with Crippen molar-refractivity contribution in [3.05, 3.63) is 59.7 Å². The Morgan fingerprint density at radius 1 is 1.08 bits per heavy atom. The summed E-state index contributed by atoms with van der Waals surface area (Å²) >= 11 is 0. The summed E-state index contributed by atoms with van der Waals surface area (Å²) in [5, 5.41) is 3.18. The maximum Gasteiger partial charge on any atom is 0.387 e. The molecule has 0 heterocycles. The molecule has 0 unspecified atom stereocenters. The van der Waals surface area contributed by atoms with Crippen LogP contribution in [0, 0.1) is 0 Å². The van der Waals surface area contributed by atoms with E-state index in [4.69, 9.17) is 10.5 Å². The molecule has 130 valence electrons. The monoisotopic (exact) mass is 336 g/mol. The first-order valence-corrected chi connectivity index (χ1v) is 7.82. The zero-order valence-electron chi connectivity index (χ0n) is 13.5. The van der Waals surface area contributed by atoms with Crippen molar-refractivity contribution in [2.75, 3.05) is 13.2 Å². The van der Waals surface area contributed by atoms with Crippen molar-refractivity contribution in [3.63, 3.8) is 0 Å². The van der Waals surface area contributed by atoms with Crippen LogP contribution >= 0.6 is 0 Å². The summed E-state index contributed by atoms with van der Waals surface area (Å²) in [7, 11) is 0. The van der Waals surface area contributed by atoms with Crippen molar-refractivity contribution >= 4 is 0 Å². The van der Waals surface area contributed by atoms with Gasteiger partial charge < -0.3 is 20.5 Å². The molecule has 0 aliphatic carbocycles. The minimum Gasteiger partial charge on any atom is -0.490 e. The van der Waals surface area contributed by atoms with Gasteiger partial charge in [-0.3, -0.25) is 0 Å². The molecule has 6 heteroatoms. The Hall–Kier alpha value is -2.18. The van der Waals surface area contributed by atoms with E-state index in [9.17, 15) is 8.78 Å². The molecule has 1 atom stereocenters. The average Bonchev–Trinajstić information content (AvgIpc) is 2.58.